The zero-order chi connectivity index (χ0) is 22.2. The lowest BCUT2D eigenvalue weighted by Crippen LogP contribution is -2.39. The largest absolute Gasteiger partial charge is 0.504 e. The van der Waals surface area contributed by atoms with Crippen LogP contribution in [-0.2, 0) is 5.41 Å². The molecule has 0 saturated heterocycles. The summed E-state index contributed by atoms with van der Waals surface area (Å²) in [6.45, 7) is 6.21. The third-order valence-corrected chi connectivity index (χ3v) is 5.94. The summed E-state index contributed by atoms with van der Waals surface area (Å²) in [7, 11) is 0. The summed E-state index contributed by atoms with van der Waals surface area (Å²) >= 11 is 6.07. The lowest BCUT2D eigenvalue weighted by Gasteiger charge is -2.24. The van der Waals surface area contributed by atoms with E-state index in [0.29, 0.717) is 27.4 Å². The van der Waals surface area contributed by atoms with E-state index in [9.17, 15) is 9.90 Å². The van der Waals surface area contributed by atoms with Gasteiger partial charge in [-0.25, -0.2) is 4.79 Å². The van der Waals surface area contributed by atoms with E-state index in [4.69, 9.17) is 11.6 Å². The molecule has 0 spiro atoms. The van der Waals surface area contributed by atoms with Crippen LogP contribution in [0, 0.1) is 0 Å². The molecule has 1 heterocycles. The van der Waals surface area contributed by atoms with Crippen LogP contribution in [-0.4, -0.2) is 32.2 Å². The molecule has 8 heteroatoms. The number of nitrogens with zero attached hydrogens (tertiary/aromatic N) is 3. The Morgan fingerprint density at radius 2 is 1.81 bits per heavy atom. The van der Waals surface area contributed by atoms with E-state index in [1.54, 1.807) is 24.3 Å². The third-order valence-electron chi connectivity index (χ3n) is 5.70. The number of anilines is 1. The molecule has 0 bridgehead atoms. The van der Waals surface area contributed by atoms with Crippen molar-refractivity contribution in [2.45, 2.75) is 64.3 Å². The third kappa shape index (κ3) is 4.77. The van der Waals surface area contributed by atoms with Crippen LogP contribution >= 0.6 is 11.6 Å². The van der Waals surface area contributed by atoms with Crippen molar-refractivity contribution in [2.75, 3.05) is 5.32 Å². The fraction of sp³-hybridized carbons (Fsp3) is 0.435. The van der Waals surface area contributed by atoms with Gasteiger partial charge in [-0.15, -0.1) is 15.0 Å². The van der Waals surface area contributed by atoms with Crippen molar-refractivity contribution in [2.24, 2.45) is 0 Å². The van der Waals surface area contributed by atoms with Crippen molar-refractivity contribution in [3.63, 3.8) is 0 Å². The van der Waals surface area contributed by atoms with E-state index < -0.39 is 0 Å². The Bertz CT molecular complexity index is 1110. The predicted molar refractivity (Wildman–Crippen MR) is 123 cm³/mol. The molecular formula is C23H28ClN5O2. The molecule has 0 unspecified atom stereocenters. The molecule has 3 N–H and O–H groups in total. The molecule has 3 aromatic rings. The molecular weight excluding hydrogens is 414 g/mol. The number of nitrogens with one attached hydrogen (secondary N) is 2. The second kappa shape index (κ2) is 8.38. The minimum absolute atomic E-state index is 0.0850. The normalized spacial score (nSPS) is 15.2. The molecule has 0 aliphatic heterocycles. The summed E-state index contributed by atoms with van der Waals surface area (Å²) in [5.74, 6) is -0.0850. The number of aromatic nitrogens is 3. The average molecular weight is 442 g/mol. The first-order chi connectivity index (χ1) is 14.7. The molecule has 31 heavy (non-hydrogen) atoms. The molecule has 7 nitrogen and oxygen atoms in total. The number of urea groups is 1. The number of fused-ring (bicyclic) bond motifs is 1. The molecule has 0 radical (unpaired) electrons. The van der Waals surface area contributed by atoms with Gasteiger partial charge >= 0.3 is 6.03 Å². The Hall–Kier alpha value is -2.80. The summed E-state index contributed by atoms with van der Waals surface area (Å²) in [5, 5.41) is 26.4. The molecule has 1 fully saturated rings. The fourth-order valence-corrected chi connectivity index (χ4v) is 4.05. The molecule has 1 aromatic heterocycles. The van der Waals surface area contributed by atoms with Crippen LogP contribution in [0.5, 0.6) is 5.75 Å². The average Bonchev–Trinajstić information content (AvgIpc) is 3.12. The molecule has 1 aliphatic carbocycles. The summed E-state index contributed by atoms with van der Waals surface area (Å²) < 4.78 is 0. The number of benzene rings is 2. The van der Waals surface area contributed by atoms with Gasteiger partial charge < -0.3 is 15.7 Å². The number of amides is 2. The zero-order valence-electron chi connectivity index (χ0n) is 18.1. The lowest BCUT2D eigenvalue weighted by atomic mass is 9.86. The standard InChI is InChI=1S/C23H28ClN5O2/c1-23(2,3)14-11-19(26-22(31)25-16-7-5-4-6-8-16)21(30)20(12-14)29-27-17-10-9-15(24)13-18(17)28-29/h9-13,16,30H,4-8H2,1-3H3,(H2,25,26,31). The van der Waals surface area contributed by atoms with Gasteiger partial charge in [0.25, 0.3) is 0 Å². The van der Waals surface area contributed by atoms with E-state index in [-0.39, 0.29) is 23.2 Å². The zero-order valence-corrected chi connectivity index (χ0v) is 18.8. The maximum Gasteiger partial charge on any atom is 0.319 e. The van der Waals surface area contributed by atoms with Gasteiger partial charge in [0.1, 0.15) is 16.7 Å². The maximum atomic E-state index is 12.6. The molecule has 1 saturated carbocycles. The number of hydrogen-bond donors (Lipinski definition) is 3. The van der Waals surface area contributed by atoms with Crippen LogP contribution < -0.4 is 10.6 Å². The summed E-state index contributed by atoms with van der Waals surface area (Å²) in [6.07, 6.45) is 5.44. The quantitative estimate of drug-likeness (QED) is 0.466. The fourth-order valence-electron chi connectivity index (χ4n) is 3.89. The summed E-state index contributed by atoms with van der Waals surface area (Å²) in [6, 6.07) is 8.76. The first-order valence-corrected chi connectivity index (χ1v) is 11.1. The van der Waals surface area contributed by atoms with Crippen molar-refractivity contribution < 1.29 is 9.90 Å². The molecule has 0 atom stereocenters. The minimum atomic E-state index is -0.315. The van der Waals surface area contributed by atoms with Gasteiger partial charge in [-0.05, 0) is 54.2 Å². The van der Waals surface area contributed by atoms with Crippen molar-refractivity contribution in [3.8, 4) is 11.4 Å². The van der Waals surface area contributed by atoms with Gasteiger partial charge in [0, 0.05) is 11.1 Å². The highest BCUT2D eigenvalue weighted by molar-refractivity contribution is 6.31. The van der Waals surface area contributed by atoms with E-state index in [1.165, 1.54) is 11.2 Å². The van der Waals surface area contributed by atoms with Crippen molar-refractivity contribution in [1.82, 2.24) is 20.3 Å². The highest BCUT2D eigenvalue weighted by Gasteiger charge is 2.23. The number of phenolic OH excluding ortho intramolecular Hbond substituents is 1. The number of phenols is 1. The first kappa shape index (κ1) is 21.4. The number of halogens is 1. The summed E-state index contributed by atoms with van der Waals surface area (Å²) in [5.41, 5.74) is 2.73. The van der Waals surface area contributed by atoms with Crippen molar-refractivity contribution in [1.29, 1.82) is 0 Å². The van der Waals surface area contributed by atoms with E-state index >= 15 is 0 Å². The van der Waals surface area contributed by atoms with Crippen LogP contribution in [0.3, 0.4) is 0 Å². The Kier molecular flexibility index (Phi) is 5.79. The lowest BCUT2D eigenvalue weighted by molar-refractivity contribution is 0.244. The smallest absolute Gasteiger partial charge is 0.319 e. The predicted octanol–water partition coefficient (Wildman–Crippen LogP) is 5.53. The number of carbonyl (C=O) groups is 1. The van der Waals surface area contributed by atoms with Gasteiger partial charge in [0.05, 0.1) is 5.69 Å². The molecule has 2 aromatic carbocycles. The van der Waals surface area contributed by atoms with Crippen LogP contribution in [0.15, 0.2) is 30.3 Å². The van der Waals surface area contributed by atoms with Crippen LogP contribution in [0.2, 0.25) is 5.02 Å². The highest BCUT2D eigenvalue weighted by atomic mass is 35.5. The molecule has 2 amide bonds. The first-order valence-electron chi connectivity index (χ1n) is 10.7. The Balaban J connectivity index is 1.70. The van der Waals surface area contributed by atoms with Crippen LogP contribution in [0.4, 0.5) is 10.5 Å². The number of aromatic hydroxyl groups is 1. The van der Waals surface area contributed by atoms with Gasteiger partial charge in [-0.3, -0.25) is 0 Å². The number of carbonyl (C=O) groups excluding carboxylic acids is 1. The number of rotatable bonds is 3. The van der Waals surface area contributed by atoms with Gasteiger partial charge in [-0.2, -0.15) is 0 Å². The Labute approximate surface area is 186 Å². The van der Waals surface area contributed by atoms with Crippen LogP contribution in [0.1, 0.15) is 58.4 Å². The topological polar surface area (TPSA) is 92.1 Å². The van der Waals surface area contributed by atoms with Crippen molar-refractivity contribution >= 4 is 34.4 Å². The van der Waals surface area contributed by atoms with E-state index in [0.717, 1.165) is 31.2 Å². The highest BCUT2D eigenvalue weighted by Crippen LogP contribution is 2.36. The second-order valence-corrected chi connectivity index (χ2v) is 9.63. The van der Waals surface area contributed by atoms with E-state index in [2.05, 4.69) is 41.6 Å². The summed E-state index contributed by atoms with van der Waals surface area (Å²) in [4.78, 5) is 14.0. The monoisotopic (exact) mass is 441 g/mol. The molecule has 4 rings (SSSR count). The molecule has 164 valence electrons. The minimum Gasteiger partial charge on any atom is -0.504 e. The van der Waals surface area contributed by atoms with Gasteiger partial charge in [0.15, 0.2) is 5.75 Å². The second-order valence-electron chi connectivity index (χ2n) is 9.20. The van der Waals surface area contributed by atoms with Gasteiger partial charge in [0.2, 0.25) is 0 Å². The Morgan fingerprint density at radius 1 is 1.10 bits per heavy atom. The number of hydrogen-bond acceptors (Lipinski definition) is 4. The maximum absolute atomic E-state index is 12.6. The SMILES string of the molecule is CC(C)(C)c1cc(NC(=O)NC2CCCCC2)c(O)c(-n2nc3ccc(Cl)cc3n2)c1. The van der Waals surface area contributed by atoms with Crippen LogP contribution in [0.25, 0.3) is 16.7 Å². The van der Waals surface area contributed by atoms with Gasteiger partial charge in [-0.1, -0.05) is 51.6 Å². The van der Waals surface area contributed by atoms with E-state index in [1.807, 2.05) is 6.07 Å². The molecule has 1 aliphatic rings. The Morgan fingerprint density at radius 3 is 2.52 bits per heavy atom. The van der Waals surface area contributed by atoms with Crippen molar-refractivity contribution in [3.05, 3.63) is 40.9 Å².